The van der Waals surface area contributed by atoms with Crippen molar-refractivity contribution in [3.8, 4) is 0 Å². The molecule has 0 unspecified atom stereocenters. The molecule has 4 rings (SSSR count). The first-order valence-electron chi connectivity index (χ1n) is 16.3. The van der Waals surface area contributed by atoms with Gasteiger partial charge in [0.25, 0.3) is 0 Å². The minimum Gasteiger partial charge on any atom is -0.461 e. The molecule has 0 saturated heterocycles. The fraction of sp³-hybridized carbons (Fsp3) is 0.568. The monoisotopic (exact) mass is 665 g/mol. The Morgan fingerprint density at radius 1 is 0.854 bits per heavy atom. The number of rotatable bonds is 8. The summed E-state index contributed by atoms with van der Waals surface area (Å²) in [5.41, 5.74) is -0.552. The van der Waals surface area contributed by atoms with Crippen molar-refractivity contribution in [1.82, 2.24) is 4.90 Å². The molecule has 11 heteroatoms. The van der Waals surface area contributed by atoms with E-state index in [1.54, 1.807) is 33.8 Å². The number of esters is 4. The van der Waals surface area contributed by atoms with Crippen molar-refractivity contribution in [3.05, 3.63) is 58.7 Å². The summed E-state index contributed by atoms with van der Waals surface area (Å²) in [7, 11) is 3.73. The predicted molar refractivity (Wildman–Crippen MR) is 174 cm³/mol. The number of Topliss-reactive ketones (excluding diaryl/α,β-unsaturated/α-hetero) is 2. The number of fused-ring (bicyclic) bond motifs is 4. The molecule has 1 saturated carbocycles. The van der Waals surface area contributed by atoms with Gasteiger partial charge in [-0.25, -0.2) is 0 Å². The van der Waals surface area contributed by atoms with Crippen LogP contribution in [0.25, 0.3) is 0 Å². The Hall–Kier alpha value is -4.12. The van der Waals surface area contributed by atoms with Gasteiger partial charge in [-0.05, 0) is 63.6 Å². The Balaban J connectivity index is 1.86. The number of hydrogen-bond donors (Lipinski definition) is 0. The minimum absolute atomic E-state index is 0.00817. The van der Waals surface area contributed by atoms with Gasteiger partial charge in [0.05, 0.1) is 11.8 Å². The van der Waals surface area contributed by atoms with E-state index in [1.165, 1.54) is 20.8 Å². The highest BCUT2D eigenvalue weighted by molar-refractivity contribution is 6.45. The third-order valence-electron chi connectivity index (χ3n) is 10.1. The summed E-state index contributed by atoms with van der Waals surface area (Å²) in [4.78, 5) is 81.4. The molecule has 7 atom stereocenters. The molecule has 0 spiro atoms. The highest BCUT2D eigenvalue weighted by Crippen LogP contribution is 2.52. The van der Waals surface area contributed by atoms with Crippen molar-refractivity contribution in [2.75, 3.05) is 14.1 Å². The van der Waals surface area contributed by atoms with Gasteiger partial charge in [0.1, 0.15) is 24.4 Å². The van der Waals surface area contributed by atoms with Crippen LogP contribution in [-0.2, 0) is 47.7 Å². The van der Waals surface area contributed by atoms with Crippen LogP contribution in [0.1, 0.15) is 85.8 Å². The van der Waals surface area contributed by atoms with Gasteiger partial charge >= 0.3 is 23.9 Å². The fourth-order valence-corrected chi connectivity index (χ4v) is 7.71. The summed E-state index contributed by atoms with van der Waals surface area (Å²) in [5, 5.41) is 0. The molecule has 3 aliphatic rings. The van der Waals surface area contributed by atoms with Crippen LogP contribution >= 0.6 is 0 Å². The summed E-state index contributed by atoms with van der Waals surface area (Å²) >= 11 is 0. The predicted octanol–water partition coefficient (Wildman–Crippen LogP) is 4.63. The maximum Gasteiger partial charge on any atom is 0.308 e. The number of ketones is 2. The topological polar surface area (TPSA) is 143 Å². The average molecular weight is 666 g/mol. The van der Waals surface area contributed by atoms with Crippen LogP contribution in [0.2, 0.25) is 0 Å². The fourth-order valence-electron chi connectivity index (χ4n) is 7.71. The number of ether oxygens (including phenoxy) is 4. The second kappa shape index (κ2) is 14.2. The molecular formula is C37H47NO10. The molecule has 1 aromatic carbocycles. The first kappa shape index (κ1) is 36.7. The van der Waals surface area contributed by atoms with Crippen LogP contribution in [0.15, 0.2) is 53.1 Å². The molecule has 48 heavy (non-hydrogen) atoms. The average Bonchev–Trinajstić information content (AvgIpc) is 2.97. The third kappa shape index (κ3) is 7.46. The van der Waals surface area contributed by atoms with E-state index >= 15 is 0 Å². The molecule has 0 aromatic heterocycles. The first-order valence-corrected chi connectivity index (χ1v) is 16.3. The Morgan fingerprint density at radius 3 is 2.02 bits per heavy atom. The van der Waals surface area contributed by atoms with Gasteiger partial charge in [-0.3, -0.25) is 28.8 Å². The number of nitrogens with zero attached hydrogens (tertiary/aromatic N) is 1. The largest absolute Gasteiger partial charge is 0.461 e. The third-order valence-corrected chi connectivity index (χ3v) is 10.1. The molecule has 3 aliphatic carbocycles. The van der Waals surface area contributed by atoms with Crippen molar-refractivity contribution < 1.29 is 47.7 Å². The van der Waals surface area contributed by atoms with Crippen LogP contribution in [0.3, 0.4) is 0 Å². The van der Waals surface area contributed by atoms with Gasteiger partial charge in [0, 0.05) is 50.1 Å². The first-order chi connectivity index (χ1) is 22.4. The summed E-state index contributed by atoms with van der Waals surface area (Å²) in [6.07, 6.45) is -2.10. The molecule has 0 aliphatic heterocycles. The lowest BCUT2D eigenvalue weighted by Gasteiger charge is -2.49. The van der Waals surface area contributed by atoms with E-state index in [2.05, 4.69) is 0 Å². The Kier molecular flexibility index (Phi) is 10.8. The van der Waals surface area contributed by atoms with E-state index < -0.39 is 76.6 Å². The number of carbonyl (C=O) groups excluding carboxylic acids is 6. The van der Waals surface area contributed by atoms with Gasteiger partial charge in [0.15, 0.2) is 0 Å². The Bertz CT molecular complexity index is 1540. The van der Waals surface area contributed by atoms with Crippen molar-refractivity contribution in [3.63, 3.8) is 0 Å². The molecule has 1 aromatic rings. The Labute approximate surface area is 282 Å². The zero-order chi connectivity index (χ0) is 35.7. The number of hydrogen-bond acceptors (Lipinski definition) is 11. The lowest BCUT2D eigenvalue weighted by molar-refractivity contribution is -0.169. The van der Waals surface area contributed by atoms with Gasteiger partial charge in [-0.2, -0.15) is 0 Å². The normalized spacial score (nSPS) is 30.0. The van der Waals surface area contributed by atoms with Crippen molar-refractivity contribution in [1.29, 1.82) is 0 Å². The zero-order valence-corrected chi connectivity index (χ0v) is 29.3. The molecular weight excluding hydrogens is 618 g/mol. The summed E-state index contributed by atoms with van der Waals surface area (Å²) in [6, 6.07) is 9.23. The van der Waals surface area contributed by atoms with Gasteiger partial charge in [0.2, 0.25) is 11.6 Å². The highest BCUT2D eigenvalue weighted by atomic mass is 16.6. The van der Waals surface area contributed by atoms with Gasteiger partial charge < -0.3 is 23.8 Å². The summed E-state index contributed by atoms with van der Waals surface area (Å²) in [6.45, 7) is 10.6. The van der Waals surface area contributed by atoms with E-state index in [4.69, 9.17) is 18.9 Å². The SMILES string of the molecule is CC(=O)O[C@H]1C[C@H]2[C@@H](OC(C)=O)/C=C3/C[C@](C)(C(=O)C(=O)C(=C1C)C2(C)C)[C@@H](OC(C)=O)C[C@@H]3OC(=O)C[C@H](c1ccccc1)N(C)C. The Morgan fingerprint density at radius 2 is 1.46 bits per heavy atom. The molecule has 260 valence electrons. The zero-order valence-electron chi connectivity index (χ0n) is 29.3. The van der Waals surface area contributed by atoms with Crippen LogP contribution in [0.4, 0.5) is 0 Å². The molecule has 0 amide bonds. The second-order valence-electron chi connectivity index (χ2n) is 14.2. The smallest absolute Gasteiger partial charge is 0.308 e. The summed E-state index contributed by atoms with van der Waals surface area (Å²) < 4.78 is 23.4. The van der Waals surface area contributed by atoms with Crippen LogP contribution in [0, 0.1) is 16.7 Å². The molecule has 4 bridgehead atoms. The maximum atomic E-state index is 14.4. The molecule has 0 heterocycles. The standard InChI is InChI=1S/C37H47NO10/c1-20-28(45-21(2)39)16-26-30(46-22(3)40)15-25-19-37(7,35(44)34(43)33(20)36(26,5)6)31(47-23(4)41)18-29(25)48-32(42)17-27(38(8)9)24-13-11-10-12-14-24/h10-15,26-31H,16-19H2,1-9H3/b25-15-/t26-,27+,28-,29-,30-,31-,37-/m0/s1. The molecule has 0 radical (unpaired) electrons. The van der Waals surface area contributed by atoms with Crippen LogP contribution in [-0.4, -0.2) is 78.9 Å². The molecule has 1 fully saturated rings. The van der Waals surface area contributed by atoms with Crippen molar-refractivity contribution in [2.45, 2.75) is 105 Å². The van der Waals surface area contributed by atoms with E-state index in [0.29, 0.717) is 11.1 Å². The van der Waals surface area contributed by atoms with Crippen molar-refractivity contribution in [2.24, 2.45) is 16.7 Å². The quantitative estimate of drug-likeness (QED) is 0.166. The number of allylic oxidation sites excluding steroid dienone is 1. The lowest BCUT2D eigenvalue weighted by atomic mass is 9.57. The van der Waals surface area contributed by atoms with E-state index in [1.807, 2.05) is 49.3 Å². The van der Waals surface area contributed by atoms with E-state index in [-0.39, 0.29) is 37.3 Å². The van der Waals surface area contributed by atoms with Crippen molar-refractivity contribution >= 4 is 35.4 Å². The number of benzene rings is 1. The van der Waals surface area contributed by atoms with Gasteiger partial charge in [-0.1, -0.05) is 44.2 Å². The van der Waals surface area contributed by atoms with Crippen LogP contribution < -0.4 is 0 Å². The lowest BCUT2D eigenvalue weighted by Crippen LogP contribution is -2.55. The molecule has 0 N–H and O–H groups in total. The maximum absolute atomic E-state index is 14.4. The summed E-state index contributed by atoms with van der Waals surface area (Å²) in [5.74, 6) is -4.48. The molecule has 11 nitrogen and oxygen atoms in total. The van der Waals surface area contributed by atoms with E-state index in [9.17, 15) is 28.8 Å². The second-order valence-corrected chi connectivity index (χ2v) is 14.2. The van der Waals surface area contributed by atoms with E-state index in [0.717, 1.165) is 5.56 Å². The minimum atomic E-state index is -1.54. The van der Waals surface area contributed by atoms with Crippen LogP contribution in [0.5, 0.6) is 0 Å². The van der Waals surface area contributed by atoms with Gasteiger partial charge in [-0.15, -0.1) is 0 Å². The number of carbonyl (C=O) groups is 6. The highest BCUT2D eigenvalue weighted by Gasteiger charge is 2.57.